The van der Waals surface area contributed by atoms with E-state index in [1.54, 1.807) is 35.2 Å². The van der Waals surface area contributed by atoms with E-state index < -0.39 is 40.6 Å². The molecular formula is C28H24F3N3O4S2. The molecule has 0 saturated carbocycles. The summed E-state index contributed by atoms with van der Waals surface area (Å²) in [6, 6.07) is 13.2. The monoisotopic (exact) mass is 587 g/mol. The number of rotatable bonds is 4. The number of likely N-dealkylation sites (tertiary alicyclic amines) is 1. The van der Waals surface area contributed by atoms with Gasteiger partial charge in [-0.05, 0) is 43.0 Å². The van der Waals surface area contributed by atoms with Crippen LogP contribution in [-0.4, -0.2) is 45.5 Å². The summed E-state index contributed by atoms with van der Waals surface area (Å²) in [6.07, 6.45) is -1.79. The lowest BCUT2D eigenvalue weighted by molar-refractivity contribution is -0.137. The third kappa shape index (κ3) is 4.56. The van der Waals surface area contributed by atoms with Gasteiger partial charge in [-0.2, -0.15) is 13.2 Å². The molecule has 3 aliphatic rings. The number of carbonyl (C=O) groups excluding carboxylic acids is 3. The molecule has 40 heavy (non-hydrogen) atoms. The van der Waals surface area contributed by atoms with Crippen molar-refractivity contribution in [1.82, 2.24) is 9.47 Å². The van der Waals surface area contributed by atoms with Crippen LogP contribution in [0.5, 0.6) is 0 Å². The van der Waals surface area contributed by atoms with Gasteiger partial charge < -0.3 is 4.90 Å². The van der Waals surface area contributed by atoms with Crippen LogP contribution in [0.25, 0.3) is 0 Å². The minimum atomic E-state index is -4.64. The van der Waals surface area contributed by atoms with E-state index in [4.69, 9.17) is 0 Å². The Morgan fingerprint density at radius 3 is 2.35 bits per heavy atom. The van der Waals surface area contributed by atoms with Crippen LogP contribution in [0.2, 0.25) is 0 Å². The zero-order valence-corrected chi connectivity index (χ0v) is 22.7. The third-order valence-electron chi connectivity index (χ3n) is 7.64. The van der Waals surface area contributed by atoms with Gasteiger partial charge in [-0.3, -0.25) is 23.7 Å². The van der Waals surface area contributed by atoms with E-state index in [-0.39, 0.29) is 23.0 Å². The molecule has 12 heteroatoms. The topological polar surface area (TPSA) is 79.7 Å². The van der Waals surface area contributed by atoms with E-state index >= 15 is 0 Å². The largest absolute Gasteiger partial charge is 0.416 e. The van der Waals surface area contributed by atoms with Crippen LogP contribution >= 0.6 is 23.1 Å². The number of thioether (sulfide) groups is 1. The van der Waals surface area contributed by atoms with Crippen LogP contribution in [0.15, 0.2) is 64.4 Å². The number of amides is 3. The first-order chi connectivity index (χ1) is 19.1. The van der Waals surface area contributed by atoms with E-state index in [9.17, 15) is 32.3 Å². The van der Waals surface area contributed by atoms with Gasteiger partial charge in [-0.25, -0.2) is 4.90 Å². The second-order valence-corrected chi connectivity index (χ2v) is 12.2. The van der Waals surface area contributed by atoms with Crippen LogP contribution in [0.1, 0.15) is 41.2 Å². The highest BCUT2D eigenvalue weighted by Crippen LogP contribution is 2.54. The second-order valence-electron chi connectivity index (χ2n) is 10.1. The molecule has 2 aromatic carbocycles. The summed E-state index contributed by atoms with van der Waals surface area (Å²) in [5, 5.41) is -0.507. The lowest BCUT2D eigenvalue weighted by Crippen LogP contribution is -2.39. The van der Waals surface area contributed by atoms with Crippen LogP contribution in [0.4, 0.5) is 18.9 Å². The number of benzene rings is 2. The van der Waals surface area contributed by atoms with Gasteiger partial charge in [0.15, 0.2) is 0 Å². The van der Waals surface area contributed by atoms with Gasteiger partial charge in [-0.1, -0.05) is 59.5 Å². The Kier molecular flexibility index (Phi) is 6.86. The highest BCUT2D eigenvalue weighted by molar-refractivity contribution is 8.00. The normalized spacial score (nSPS) is 22.8. The predicted molar refractivity (Wildman–Crippen MR) is 144 cm³/mol. The van der Waals surface area contributed by atoms with Gasteiger partial charge in [-0.15, -0.1) is 0 Å². The highest BCUT2D eigenvalue weighted by atomic mass is 32.2. The van der Waals surface area contributed by atoms with E-state index in [1.807, 2.05) is 0 Å². The number of anilines is 1. The zero-order chi connectivity index (χ0) is 28.2. The first-order valence-corrected chi connectivity index (χ1v) is 14.6. The average molecular weight is 588 g/mol. The predicted octanol–water partition coefficient (Wildman–Crippen LogP) is 4.74. The summed E-state index contributed by atoms with van der Waals surface area (Å²) < 4.78 is 41.7. The van der Waals surface area contributed by atoms with Crippen LogP contribution in [-0.2, 0) is 27.1 Å². The molecule has 1 aromatic heterocycles. The molecule has 6 rings (SSSR count). The summed E-state index contributed by atoms with van der Waals surface area (Å²) >= 11 is 2.00. The van der Waals surface area contributed by atoms with E-state index in [1.165, 1.54) is 16.7 Å². The van der Waals surface area contributed by atoms with Crippen molar-refractivity contribution in [2.45, 2.75) is 48.2 Å². The molecule has 7 nitrogen and oxygen atoms in total. The van der Waals surface area contributed by atoms with Crippen molar-refractivity contribution >= 4 is 46.5 Å². The molecule has 208 valence electrons. The second kappa shape index (κ2) is 10.2. The van der Waals surface area contributed by atoms with Crippen molar-refractivity contribution in [2.24, 2.45) is 5.92 Å². The van der Waals surface area contributed by atoms with Crippen molar-refractivity contribution < 1.29 is 27.6 Å². The molecule has 0 aliphatic carbocycles. The fourth-order valence-electron chi connectivity index (χ4n) is 5.73. The van der Waals surface area contributed by atoms with E-state index in [0.29, 0.717) is 28.6 Å². The van der Waals surface area contributed by atoms with Gasteiger partial charge in [0, 0.05) is 23.9 Å². The Balaban J connectivity index is 1.42. The number of carbonyl (C=O) groups is 3. The molecule has 3 atom stereocenters. The minimum absolute atomic E-state index is 0.146. The standard InChI is InChI=1S/C28H24F3N3O4S2/c29-28(30,31)17-10-7-11-18(14-17)34-24(36)21-20(16-8-3-1-4-9-16)23-26(39-22(21)25(34)37)33(27(38)40-23)15-19(35)32-12-5-2-6-13-32/h1,3-4,7-11,14,20-22H,2,5-6,12-13,15H2. The number of aromatic nitrogens is 1. The van der Waals surface area contributed by atoms with E-state index in [2.05, 4.69) is 0 Å². The number of hydrogen-bond donors (Lipinski definition) is 0. The summed E-state index contributed by atoms with van der Waals surface area (Å²) in [7, 11) is 0. The zero-order valence-electron chi connectivity index (χ0n) is 21.1. The van der Waals surface area contributed by atoms with Crippen LogP contribution in [0, 0.1) is 5.92 Å². The molecule has 3 unspecified atom stereocenters. The Bertz CT molecular complexity index is 1550. The number of hydrogen-bond acceptors (Lipinski definition) is 6. The van der Waals surface area contributed by atoms with Gasteiger partial charge in [0.25, 0.3) is 0 Å². The lowest BCUT2D eigenvalue weighted by Gasteiger charge is -2.31. The maximum atomic E-state index is 13.9. The molecule has 0 spiro atoms. The number of halogens is 3. The van der Waals surface area contributed by atoms with Crippen LogP contribution in [0.3, 0.4) is 0 Å². The van der Waals surface area contributed by atoms with Crippen molar-refractivity contribution in [2.75, 3.05) is 18.0 Å². The summed E-state index contributed by atoms with van der Waals surface area (Å²) in [6.45, 7) is 1.09. The molecular weight excluding hydrogens is 563 g/mol. The maximum Gasteiger partial charge on any atom is 0.416 e. The highest BCUT2D eigenvalue weighted by Gasteiger charge is 2.57. The SMILES string of the molecule is O=C(Cn1c2c(sc1=O)C(c1ccccc1)C1C(=O)N(c3cccc(C(F)(F)F)c3)C(=O)C1S2)N1CCCCC1. The van der Waals surface area contributed by atoms with Crippen LogP contribution < -0.4 is 9.77 Å². The average Bonchev–Trinajstić information content (AvgIpc) is 3.39. The molecule has 2 fully saturated rings. The molecule has 0 radical (unpaired) electrons. The lowest BCUT2D eigenvalue weighted by atomic mass is 9.83. The Morgan fingerprint density at radius 2 is 1.65 bits per heavy atom. The fourth-order valence-corrected chi connectivity index (χ4v) is 8.50. The van der Waals surface area contributed by atoms with Gasteiger partial charge in [0.2, 0.25) is 17.7 Å². The molecule has 0 bridgehead atoms. The van der Waals surface area contributed by atoms with Crippen molar-refractivity contribution in [3.63, 3.8) is 0 Å². The summed E-state index contributed by atoms with van der Waals surface area (Å²) in [5.74, 6) is -3.03. The number of nitrogens with zero attached hydrogens (tertiary/aromatic N) is 3. The summed E-state index contributed by atoms with van der Waals surface area (Å²) in [5.41, 5.74) is -0.397. The number of fused-ring (bicyclic) bond motifs is 2. The summed E-state index contributed by atoms with van der Waals surface area (Å²) in [4.78, 5) is 56.7. The quantitative estimate of drug-likeness (QED) is 0.413. The number of thiazole rings is 1. The first-order valence-electron chi connectivity index (χ1n) is 12.9. The minimum Gasteiger partial charge on any atom is -0.341 e. The number of piperidine rings is 1. The molecule has 0 N–H and O–H groups in total. The smallest absolute Gasteiger partial charge is 0.341 e. The fraction of sp³-hybridized carbons (Fsp3) is 0.357. The van der Waals surface area contributed by atoms with Crippen molar-refractivity contribution in [3.8, 4) is 0 Å². The van der Waals surface area contributed by atoms with Crippen molar-refractivity contribution in [3.05, 3.63) is 80.3 Å². The first kappa shape index (κ1) is 26.8. The Hall–Kier alpha value is -3.38. The number of alkyl halides is 3. The molecule has 3 aromatic rings. The number of imide groups is 1. The molecule has 2 saturated heterocycles. The van der Waals surface area contributed by atoms with Gasteiger partial charge in [0.05, 0.1) is 22.2 Å². The van der Waals surface area contributed by atoms with E-state index in [0.717, 1.165) is 59.4 Å². The van der Waals surface area contributed by atoms with Crippen molar-refractivity contribution in [1.29, 1.82) is 0 Å². The maximum absolute atomic E-state index is 13.9. The molecule has 3 amide bonds. The molecule has 3 aliphatic heterocycles. The van der Waals surface area contributed by atoms with Gasteiger partial charge in [0.1, 0.15) is 11.8 Å². The molecule has 4 heterocycles. The Morgan fingerprint density at radius 1 is 0.925 bits per heavy atom. The third-order valence-corrected chi connectivity index (χ3v) is 10.2. The Labute approximate surface area is 235 Å². The van der Waals surface area contributed by atoms with Gasteiger partial charge >= 0.3 is 11.0 Å².